The maximum absolute atomic E-state index is 5.77. The van der Waals surface area contributed by atoms with Crippen molar-refractivity contribution in [1.82, 2.24) is 0 Å². The second kappa shape index (κ2) is 8.03. The number of hydrogen-bond acceptors (Lipinski definition) is 2. The molecule has 0 heterocycles. The molecule has 0 fully saturated rings. The molecule has 0 spiro atoms. The smallest absolute Gasteiger partial charge is 0.142 e. The van der Waals surface area contributed by atoms with Gasteiger partial charge in [0.2, 0.25) is 0 Å². The Labute approximate surface area is 98.8 Å². The molecule has 0 aliphatic rings. The minimum atomic E-state index is 0.722. The SMILES string of the molecule is [CH2]CCCCCCCOc1ccccc1N. The van der Waals surface area contributed by atoms with Crippen LogP contribution in [0.4, 0.5) is 5.69 Å². The fourth-order valence-electron chi connectivity index (χ4n) is 1.60. The lowest BCUT2D eigenvalue weighted by Crippen LogP contribution is -2.00. The molecule has 0 atom stereocenters. The molecule has 1 radical (unpaired) electrons. The average molecular weight is 220 g/mol. The zero-order valence-electron chi connectivity index (χ0n) is 9.95. The van der Waals surface area contributed by atoms with Gasteiger partial charge in [0.05, 0.1) is 12.3 Å². The summed E-state index contributed by atoms with van der Waals surface area (Å²) in [6.07, 6.45) is 7.20. The summed E-state index contributed by atoms with van der Waals surface area (Å²) in [4.78, 5) is 0. The highest BCUT2D eigenvalue weighted by molar-refractivity contribution is 5.51. The maximum Gasteiger partial charge on any atom is 0.142 e. The van der Waals surface area contributed by atoms with Gasteiger partial charge in [0.25, 0.3) is 0 Å². The number of rotatable bonds is 8. The number of para-hydroxylation sites is 2. The third kappa shape index (κ3) is 5.06. The van der Waals surface area contributed by atoms with Crippen molar-refractivity contribution in [3.8, 4) is 5.75 Å². The van der Waals surface area contributed by atoms with Crippen LogP contribution in [0, 0.1) is 6.92 Å². The van der Waals surface area contributed by atoms with E-state index in [2.05, 4.69) is 6.92 Å². The summed E-state index contributed by atoms with van der Waals surface area (Å²) >= 11 is 0. The molecule has 2 nitrogen and oxygen atoms in total. The molecule has 0 saturated carbocycles. The van der Waals surface area contributed by atoms with Crippen LogP contribution >= 0.6 is 0 Å². The Morgan fingerprint density at radius 1 is 1.00 bits per heavy atom. The highest BCUT2D eigenvalue weighted by Crippen LogP contribution is 2.20. The number of hydrogen-bond donors (Lipinski definition) is 1. The van der Waals surface area contributed by atoms with Crippen LogP contribution in [0.2, 0.25) is 0 Å². The highest BCUT2D eigenvalue weighted by Gasteiger charge is 1.97. The summed E-state index contributed by atoms with van der Waals surface area (Å²) in [5.41, 5.74) is 6.49. The van der Waals surface area contributed by atoms with E-state index in [0.717, 1.165) is 30.9 Å². The Morgan fingerprint density at radius 3 is 2.44 bits per heavy atom. The van der Waals surface area contributed by atoms with Crippen molar-refractivity contribution in [3.63, 3.8) is 0 Å². The fourth-order valence-corrected chi connectivity index (χ4v) is 1.60. The molecule has 2 N–H and O–H groups in total. The molecule has 0 aromatic heterocycles. The largest absolute Gasteiger partial charge is 0.491 e. The van der Waals surface area contributed by atoms with E-state index >= 15 is 0 Å². The summed E-state index contributed by atoms with van der Waals surface area (Å²) in [6, 6.07) is 7.64. The molecule has 1 aromatic rings. The summed E-state index contributed by atoms with van der Waals surface area (Å²) in [5.74, 6) is 0.806. The molecule has 0 unspecified atom stereocenters. The Balaban J connectivity index is 2.05. The van der Waals surface area contributed by atoms with E-state index < -0.39 is 0 Å². The van der Waals surface area contributed by atoms with Gasteiger partial charge in [-0.25, -0.2) is 0 Å². The standard InChI is InChI=1S/C14H22NO/c1-2-3-4-5-6-9-12-16-14-11-8-7-10-13(14)15/h7-8,10-11H,1-6,9,12,15H2. The van der Waals surface area contributed by atoms with Gasteiger partial charge in [-0.1, -0.05) is 51.2 Å². The number of ether oxygens (including phenoxy) is 1. The van der Waals surface area contributed by atoms with Crippen LogP contribution in [0.25, 0.3) is 0 Å². The summed E-state index contributed by atoms with van der Waals surface area (Å²) in [5, 5.41) is 0. The van der Waals surface area contributed by atoms with E-state index in [9.17, 15) is 0 Å². The lowest BCUT2D eigenvalue weighted by molar-refractivity contribution is 0.306. The molecule has 0 amide bonds. The zero-order valence-corrected chi connectivity index (χ0v) is 9.95. The van der Waals surface area contributed by atoms with Gasteiger partial charge in [-0.05, 0) is 18.6 Å². The normalized spacial score (nSPS) is 10.3. The van der Waals surface area contributed by atoms with Crippen molar-refractivity contribution >= 4 is 5.69 Å². The fraction of sp³-hybridized carbons (Fsp3) is 0.500. The van der Waals surface area contributed by atoms with Gasteiger partial charge in [-0.15, -0.1) is 0 Å². The first-order valence-electron chi connectivity index (χ1n) is 6.11. The summed E-state index contributed by atoms with van der Waals surface area (Å²) < 4.78 is 5.61. The van der Waals surface area contributed by atoms with Gasteiger partial charge >= 0.3 is 0 Å². The minimum absolute atomic E-state index is 0.722. The predicted molar refractivity (Wildman–Crippen MR) is 69.4 cm³/mol. The third-order valence-corrected chi connectivity index (χ3v) is 2.57. The summed E-state index contributed by atoms with van der Waals surface area (Å²) in [7, 11) is 0. The summed E-state index contributed by atoms with van der Waals surface area (Å²) in [6.45, 7) is 4.59. The Kier molecular flexibility index (Phi) is 6.47. The molecule has 89 valence electrons. The lowest BCUT2D eigenvalue weighted by Gasteiger charge is -2.08. The minimum Gasteiger partial charge on any atom is -0.491 e. The topological polar surface area (TPSA) is 35.2 Å². The molecular formula is C14H22NO. The van der Waals surface area contributed by atoms with E-state index in [0.29, 0.717) is 0 Å². The second-order valence-electron chi connectivity index (χ2n) is 4.01. The van der Waals surface area contributed by atoms with Gasteiger partial charge in [0, 0.05) is 0 Å². The number of nitrogens with two attached hydrogens (primary N) is 1. The van der Waals surface area contributed by atoms with Crippen molar-refractivity contribution < 1.29 is 4.74 Å². The average Bonchev–Trinajstić information content (AvgIpc) is 2.30. The van der Waals surface area contributed by atoms with E-state index in [1.807, 2.05) is 24.3 Å². The second-order valence-corrected chi connectivity index (χ2v) is 4.01. The molecule has 1 rings (SSSR count). The first kappa shape index (κ1) is 12.9. The maximum atomic E-state index is 5.77. The lowest BCUT2D eigenvalue weighted by atomic mass is 10.1. The van der Waals surface area contributed by atoms with Crippen LogP contribution in [-0.2, 0) is 0 Å². The van der Waals surface area contributed by atoms with E-state index in [-0.39, 0.29) is 0 Å². The molecule has 0 aliphatic carbocycles. The van der Waals surface area contributed by atoms with Crippen LogP contribution in [0.3, 0.4) is 0 Å². The van der Waals surface area contributed by atoms with Gasteiger partial charge in [0.1, 0.15) is 5.75 Å². The molecule has 0 bridgehead atoms. The van der Waals surface area contributed by atoms with Crippen molar-refractivity contribution in [1.29, 1.82) is 0 Å². The van der Waals surface area contributed by atoms with E-state index in [1.165, 1.54) is 25.7 Å². The number of anilines is 1. The molecule has 0 aliphatic heterocycles. The van der Waals surface area contributed by atoms with Crippen LogP contribution in [0.1, 0.15) is 38.5 Å². The molecule has 16 heavy (non-hydrogen) atoms. The predicted octanol–water partition coefficient (Wildman–Crippen LogP) is 3.82. The Bertz CT molecular complexity index is 286. The quantitative estimate of drug-likeness (QED) is 0.534. The molecular weight excluding hydrogens is 198 g/mol. The van der Waals surface area contributed by atoms with Gasteiger partial charge in [-0.3, -0.25) is 0 Å². The van der Waals surface area contributed by atoms with E-state index in [4.69, 9.17) is 10.5 Å². The Hall–Kier alpha value is -1.18. The highest BCUT2D eigenvalue weighted by atomic mass is 16.5. The van der Waals surface area contributed by atoms with Crippen molar-refractivity contribution in [2.45, 2.75) is 38.5 Å². The van der Waals surface area contributed by atoms with Gasteiger partial charge < -0.3 is 10.5 Å². The van der Waals surface area contributed by atoms with Crippen molar-refractivity contribution in [2.24, 2.45) is 0 Å². The van der Waals surface area contributed by atoms with E-state index in [1.54, 1.807) is 0 Å². The van der Waals surface area contributed by atoms with Crippen LogP contribution in [0.5, 0.6) is 5.75 Å². The zero-order chi connectivity index (χ0) is 11.6. The van der Waals surface area contributed by atoms with Crippen LogP contribution in [0.15, 0.2) is 24.3 Å². The third-order valence-electron chi connectivity index (χ3n) is 2.57. The van der Waals surface area contributed by atoms with Crippen molar-refractivity contribution in [3.05, 3.63) is 31.2 Å². The first-order chi connectivity index (χ1) is 7.84. The molecule has 2 heteroatoms. The monoisotopic (exact) mass is 220 g/mol. The van der Waals surface area contributed by atoms with Crippen molar-refractivity contribution in [2.75, 3.05) is 12.3 Å². The Morgan fingerprint density at radius 2 is 1.69 bits per heavy atom. The van der Waals surface area contributed by atoms with Gasteiger partial charge in [-0.2, -0.15) is 0 Å². The van der Waals surface area contributed by atoms with Crippen LogP contribution in [-0.4, -0.2) is 6.61 Å². The number of nitrogen functional groups attached to an aromatic ring is 1. The van der Waals surface area contributed by atoms with Crippen LogP contribution < -0.4 is 10.5 Å². The van der Waals surface area contributed by atoms with Gasteiger partial charge in [0.15, 0.2) is 0 Å². The molecule has 0 saturated heterocycles. The molecule has 1 aromatic carbocycles. The number of unbranched alkanes of at least 4 members (excludes halogenated alkanes) is 5. The first-order valence-corrected chi connectivity index (χ1v) is 6.11. The number of benzene rings is 1.